The van der Waals surface area contributed by atoms with E-state index in [1.54, 1.807) is 0 Å². The maximum Gasteiger partial charge on any atom is 0.138 e. The van der Waals surface area contributed by atoms with Gasteiger partial charge in [-0.15, -0.1) is 0 Å². The molecule has 3 rings (SSSR count). The fourth-order valence-electron chi connectivity index (χ4n) is 1.97. The quantitative estimate of drug-likeness (QED) is 0.725. The fraction of sp³-hybridized carbons (Fsp3) is 0.0714. The Morgan fingerprint density at radius 3 is 2.59 bits per heavy atom. The second-order valence-corrected chi connectivity index (χ2v) is 4.07. The van der Waals surface area contributed by atoms with Gasteiger partial charge in [0.15, 0.2) is 0 Å². The number of hydrogen-bond acceptors (Lipinski definition) is 2. The predicted octanol–water partition coefficient (Wildman–Crippen LogP) is 2.51. The molecule has 0 aliphatic carbocycles. The standard InChI is InChI=1S/C14H13N3/c15-13-7-4-8-14-16-12(10-17(13)14)9-11-5-2-1-3-6-11/h1-8,10H,9,15H2. The fourth-order valence-corrected chi connectivity index (χ4v) is 1.97. The number of pyridine rings is 1. The Balaban J connectivity index is 1.99. The van der Waals surface area contributed by atoms with E-state index in [1.807, 2.05) is 47.0 Å². The van der Waals surface area contributed by atoms with Crippen LogP contribution in [0.4, 0.5) is 5.82 Å². The molecule has 0 bridgehead atoms. The van der Waals surface area contributed by atoms with Gasteiger partial charge in [0.05, 0.1) is 5.69 Å². The van der Waals surface area contributed by atoms with Crippen LogP contribution in [-0.2, 0) is 6.42 Å². The van der Waals surface area contributed by atoms with Gasteiger partial charge >= 0.3 is 0 Å². The number of fused-ring (bicyclic) bond motifs is 1. The summed E-state index contributed by atoms with van der Waals surface area (Å²) in [5, 5.41) is 0. The Morgan fingerprint density at radius 1 is 1.00 bits per heavy atom. The minimum absolute atomic E-state index is 0.717. The van der Waals surface area contributed by atoms with Gasteiger partial charge in [-0.3, -0.25) is 4.40 Å². The lowest BCUT2D eigenvalue weighted by molar-refractivity contribution is 1.11. The molecule has 3 heteroatoms. The number of hydrogen-bond donors (Lipinski definition) is 1. The van der Waals surface area contributed by atoms with Crippen molar-refractivity contribution in [1.82, 2.24) is 9.38 Å². The van der Waals surface area contributed by atoms with Gasteiger partial charge < -0.3 is 5.73 Å². The van der Waals surface area contributed by atoms with Crippen LogP contribution in [-0.4, -0.2) is 9.38 Å². The molecule has 84 valence electrons. The van der Waals surface area contributed by atoms with Gasteiger partial charge in [-0.25, -0.2) is 4.98 Å². The van der Waals surface area contributed by atoms with E-state index < -0.39 is 0 Å². The first-order chi connectivity index (χ1) is 8.33. The van der Waals surface area contributed by atoms with Gasteiger partial charge in [0, 0.05) is 12.6 Å². The zero-order valence-electron chi connectivity index (χ0n) is 9.38. The molecule has 0 atom stereocenters. The van der Waals surface area contributed by atoms with E-state index >= 15 is 0 Å². The molecule has 0 unspecified atom stereocenters. The second-order valence-electron chi connectivity index (χ2n) is 4.07. The monoisotopic (exact) mass is 223 g/mol. The van der Waals surface area contributed by atoms with E-state index in [0.717, 1.165) is 17.8 Å². The molecule has 0 aliphatic rings. The number of nitrogen functional groups attached to an aromatic ring is 1. The van der Waals surface area contributed by atoms with Crippen molar-refractivity contribution >= 4 is 11.5 Å². The first kappa shape index (κ1) is 9.90. The summed E-state index contributed by atoms with van der Waals surface area (Å²) < 4.78 is 1.91. The summed E-state index contributed by atoms with van der Waals surface area (Å²) in [5.41, 5.74) is 9.08. The third-order valence-electron chi connectivity index (χ3n) is 2.80. The van der Waals surface area contributed by atoms with Crippen LogP contribution in [0.15, 0.2) is 54.7 Å². The molecule has 1 aromatic carbocycles. The van der Waals surface area contributed by atoms with Gasteiger partial charge in [-0.05, 0) is 17.7 Å². The van der Waals surface area contributed by atoms with E-state index in [1.165, 1.54) is 5.56 Å². The zero-order valence-corrected chi connectivity index (χ0v) is 9.38. The van der Waals surface area contributed by atoms with Crippen LogP contribution in [0.2, 0.25) is 0 Å². The summed E-state index contributed by atoms with van der Waals surface area (Å²) in [6.45, 7) is 0. The topological polar surface area (TPSA) is 43.3 Å². The zero-order chi connectivity index (χ0) is 11.7. The second kappa shape index (κ2) is 3.94. The molecule has 0 fully saturated rings. The molecule has 0 saturated carbocycles. The molecule has 2 aromatic heterocycles. The van der Waals surface area contributed by atoms with E-state index in [0.29, 0.717) is 5.82 Å². The molecule has 0 aliphatic heterocycles. The number of aromatic nitrogens is 2. The highest BCUT2D eigenvalue weighted by Crippen LogP contribution is 2.13. The highest BCUT2D eigenvalue weighted by Gasteiger charge is 2.03. The molecule has 3 nitrogen and oxygen atoms in total. The van der Waals surface area contributed by atoms with Crippen LogP contribution < -0.4 is 5.73 Å². The van der Waals surface area contributed by atoms with E-state index in [9.17, 15) is 0 Å². The van der Waals surface area contributed by atoms with Crippen molar-refractivity contribution in [2.45, 2.75) is 6.42 Å². The lowest BCUT2D eigenvalue weighted by Crippen LogP contribution is -1.93. The number of rotatable bonds is 2. The minimum Gasteiger partial charge on any atom is -0.385 e. The lowest BCUT2D eigenvalue weighted by atomic mass is 10.1. The van der Waals surface area contributed by atoms with Crippen LogP contribution in [0.1, 0.15) is 11.3 Å². The molecule has 0 amide bonds. The van der Waals surface area contributed by atoms with Crippen LogP contribution in [0.3, 0.4) is 0 Å². The van der Waals surface area contributed by atoms with Crippen molar-refractivity contribution in [3.05, 3.63) is 66.0 Å². The first-order valence-electron chi connectivity index (χ1n) is 5.59. The molecule has 3 aromatic rings. The van der Waals surface area contributed by atoms with E-state index in [2.05, 4.69) is 17.1 Å². The smallest absolute Gasteiger partial charge is 0.138 e. The molecule has 17 heavy (non-hydrogen) atoms. The molecule has 0 radical (unpaired) electrons. The van der Waals surface area contributed by atoms with Crippen molar-refractivity contribution < 1.29 is 0 Å². The average molecular weight is 223 g/mol. The number of imidazole rings is 1. The largest absolute Gasteiger partial charge is 0.385 e. The molecular formula is C14H13N3. The summed E-state index contributed by atoms with van der Waals surface area (Å²) in [7, 11) is 0. The van der Waals surface area contributed by atoms with Crippen molar-refractivity contribution in [2.75, 3.05) is 5.73 Å². The van der Waals surface area contributed by atoms with Gasteiger partial charge in [0.1, 0.15) is 11.5 Å². The maximum absolute atomic E-state index is 5.89. The van der Waals surface area contributed by atoms with Crippen molar-refractivity contribution in [3.63, 3.8) is 0 Å². The van der Waals surface area contributed by atoms with Crippen molar-refractivity contribution in [1.29, 1.82) is 0 Å². The Kier molecular flexibility index (Phi) is 2.29. The SMILES string of the molecule is Nc1cccc2nc(Cc3ccccc3)cn12. The normalized spacial score (nSPS) is 10.8. The van der Waals surface area contributed by atoms with Gasteiger partial charge in [-0.2, -0.15) is 0 Å². The highest BCUT2D eigenvalue weighted by atomic mass is 15.0. The van der Waals surface area contributed by atoms with Crippen LogP contribution >= 0.6 is 0 Å². The Labute approximate surface area is 99.5 Å². The molecular weight excluding hydrogens is 210 g/mol. The van der Waals surface area contributed by atoms with E-state index in [4.69, 9.17) is 5.73 Å². The highest BCUT2D eigenvalue weighted by molar-refractivity contribution is 5.49. The maximum atomic E-state index is 5.89. The van der Waals surface area contributed by atoms with Crippen molar-refractivity contribution in [2.24, 2.45) is 0 Å². The van der Waals surface area contributed by atoms with Crippen molar-refractivity contribution in [3.8, 4) is 0 Å². The molecule has 0 spiro atoms. The van der Waals surface area contributed by atoms with Gasteiger partial charge in [0.2, 0.25) is 0 Å². The predicted molar refractivity (Wildman–Crippen MR) is 68.9 cm³/mol. The first-order valence-corrected chi connectivity index (χ1v) is 5.59. The minimum atomic E-state index is 0.717. The Bertz CT molecular complexity index is 641. The molecule has 0 saturated heterocycles. The van der Waals surface area contributed by atoms with Crippen LogP contribution in [0.25, 0.3) is 5.65 Å². The summed E-state index contributed by atoms with van der Waals surface area (Å²) in [6, 6.07) is 16.1. The number of anilines is 1. The summed E-state index contributed by atoms with van der Waals surface area (Å²) in [4.78, 5) is 4.55. The summed E-state index contributed by atoms with van der Waals surface area (Å²) in [6.07, 6.45) is 2.83. The molecule has 2 N–H and O–H groups in total. The number of nitrogens with zero attached hydrogens (tertiary/aromatic N) is 2. The third-order valence-corrected chi connectivity index (χ3v) is 2.80. The van der Waals surface area contributed by atoms with Crippen LogP contribution in [0, 0.1) is 0 Å². The third kappa shape index (κ3) is 1.87. The molecule has 2 heterocycles. The summed E-state index contributed by atoms with van der Waals surface area (Å²) in [5.74, 6) is 0.717. The van der Waals surface area contributed by atoms with E-state index in [-0.39, 0.29) is 0 Å². The number of nitrogens with two attached hydrogens (primary N) is 1. The van der Waals surface area contributed by atoms with Crippen LogP contribution in [0.5, 0.6) is 0 Å². The Hall–Kier alpha value is -2.29. The lowest BCUT2D eigenvalue weighted by Gasteiger charge is -1.96. The van der Waals surface area contributed by atoms with Gasteiger partial charge in [-0.1, -0.05) is 36.4 Å². The number of benzene rings is 1. The van der Waals surface area contributed by atoms with Gasteiger partial charge in [0.25, 0.3) is 0 Å². The Morgan fingerprint density at radius 2 is 1.82 bits per heavy atom. The summed E-state index contributed by atoms with van der Waals surface area (Å²) >= 11 is 0. The average Bonchev–Trinajstić information content (AvgIpc) is 2.74.